The van der Waals surface area contributed by atoms with E-state index in [1.807, 2.05) is 6.07 Å². The molecule has 1 aliphatic heterocycles. The number of ether oxygens (including phenoxy) is 1. The van der Waals surface area contributed by atoms with Crippen LogP contribution in [0.25, 0.3) is 0 Å². The quantitative estimate of drug-likeness (QED) is 0.617. The number of hydrogen-bond acceptors (Lipinski definition) is 4. The monoisotopic (exact) mass is 272 g/mol. The lowest BCUT2D eigenvalue weighted by Gasteiger charge is -2.18. The maximum absolute atomic E-state index is 12.3. The number of carbonyl (C=O) groups is 2. The zero-order valence-corrected chi connectivity index (χ0v) is 11.3. The predicted octanol–water partition coefficient (Wildman–Crippen LogP) is 1.64. The molecule has 5 nitrogen and oxygen atoms in total. The van der Waals surface area contributed by atoms with Crippen molar-refractivity contribution in [3.63, 3.8) is 0 Å². The molecule has 1 aromatic carbocycles. The Kier molecular flexibility index (Phi) is 4.36. The molecule has 0 N–H and O–H groups in total. The molecule has 0 radical (unpaired) electrons. The van der Waals surface area contributed by atoms with E-state index >= 15 is 0 Å². The van der Waals surface area contributed by atoms with Crippen molar-refractivity contribution in [1.29, 1.82) is 5.26 Å². The lowest BCUT2D eigenvalue weighted by molar-refractivity contribution is -0.131. The first-order valence-electron chi connectivity index (χ1n) is 6.54. The molecule has 0 aromatic heterocycles. The fraction of sp³-hybridized carbons (Fsp3) is 0.400. The van der Waals surface area contributed by atoms with E-state index in [2.05, 4.69) is 0 Å². The molecule has 1 saturated heterocycles. The first-order chi connectivity index (χ1) is 9.67. The van der Waals surface area contributed by atoms with E-state index in [1.54, 1.807) is 29.2 Å². The number of hydrogen-bond donors (Lipinski definition) is 0. The van der Waals surface area contributed by atoms with Crippen molar-refractivity contribution < 1.29 is 14.3 Å². The second-order valence-electron chi connectivity index (χ2n) is 4.69. The summed E-state index contributed by atoms with van der Waals surface area (Å²) in [5.41, 5.74) is 0.352. The van der Waals surface area contributed by atoms with E-state index in [1.165, 1.54) is 7.11 Å². The third-order valence-electron chi connectivity index (χ3n) is 3.43. The summed E-state index contributed by atoms with van der Waals surface area (Å²) in [4.78, 5) is 26.0. The highest BCUT2D eigenvalue weighted by Crippen LogP contribution is 2.18. The minimum atomic E-state index is -1.25. The van der Waals surface area contributed by atoms with Gasteiger partial charge in [0.2, 0.25) is 5.91 Å². The van der Waals surface area contributed by atoms with Gasteiger partial charge >= 0.3 is 0 Å². The van der Waals surface area contributed by atoms with Crippen LogP contribution in [0.2, 0.25) is 0 Å². The minimum Gasteiger partial charge on any atom is -0.497 e. The van der Waals surface area contributed by atoms with Gasteiger partial charge in [-0.2, -0.15) is 5.26 Å². The summed E-state index contributed by atoms with van der Waals surface area (Å²) in [7, 11) is 1.53. The van der Waals surface area contributed by atoms with Gasteiger partial charge in [0.05, 0.1) is 13.2 Å². The molecule has 0 bridgehead atoms. The SMILES string of the molecule is COc1ccc(C(=O)C(C#N)C(=O)N2CCCC2)cc1. The van der Waals surface area contributed by atoms with Crippen LogP contribution in [0.3, 0.4) is 0 Å². The van der Waals surface area contributed by atoms with Crippen LogP contribution < -0.4 is 4.74 Å². The fourth-order valence-corrected chi connectivity index (χ4v) is 2.27. The zero-order valence-electron chi connectivity index (χ0n) is 11.3. The van der Waals surface area contributed by atoms with Gasteiger partial charge < -0.3 is 9.64 Å². The Morgan fingerprint density at radius 2 is 1.85 bits per heavy atom. The number of Topliss-reactive ketones (excluding diaryl/α,β-unsaturated/α-hetero) is 1. The summed E-state index contributed by atoms with van der Waals surface area (Å²) >= 11 is 0. The number of ketones is 1. The van der Waals surface area contributed by atoms with Gasteiger partial charge in [-0.25, -0.2) is 0 Å². The highest BCUT2D eigenvalue weighted by molar-refractivity contribution is 6.12. The van der Waals surface area contributed by atoms with Crippen molar-refractivity contribution >= 4 is 11.7 Å². The Labute approximate surface area is 117 Å². The van der Waals surface area contributed by atoms with Gasteiger partial charge in [-0.3, -0.25) is 9.59 Å². The Bertz CT molecular complexity index is 539. The summed E-state index contributed by atoms with van der Waals surface area (Å²) in [5, 5.41) is 9.15. The van der Waals surface area contributed by atoms with Crippen molar-refractivity contribution in [3.8, 4) is 11.8 Å². The van der Waals surface area contributed by atoms with Gasteiger partial charge in [0.25, 0.3) is 0 Å². The van der Waals surface area contributed by atoms with Crippen molar-refractivity contribution in [2.75, 3.05) is 20.2 Å². The van der Waals surface area contributed by atoms with Crippen molar-refractivity contribution in [2.24, 2.45) is 5.92 Å². The number of likely N-dealkylation sites (tertiary alicyclic amines) is 1. The van der Waals surface area contributed by atoms with Gasteiger partial charge in [-0.05, 0) is 37.1 Å². The Hall–Kier alpha value is -2.35. The number of methoxy groups -OCH3 is 1. The number of nitrogens with zero attached hydrogens (tertiary/aromatic N) is 2. The van der Waals surface area contributed by atoms with Gasteiger partial charge in [0.15, 0.2) is 11.7 Å². The maximum Gasteiger partial charge on any atom is 0.247 e. The molecule has 0 spiro atoms. The summed E-state index contributed by atoms with van der Waals surface area (Å²) < 4.78 is 5.01. The Morgan fingerprint density at radius 1 is 1.25 bits per heavy atom. The molecule has 0 aliphatic carbocycles. The van der Waals surface area contributed by atoms with Gasteiger partial charge in [-0.15, -0.1) is 0 Å². The van der Waals surface area contributed by atoms with E-state index in [9.17, 15) is 9.59 Å². The Balaban J connectivity index is 2.15. The number of benzene rings is 1. The standard InChI is InChI=1S/C15H16N2O3/c1-20-12-6-4-11(5-7-12)14(18)13(10-16)15(19)17-8-2-3-9-17/h4-7,13H,2-3,8-9H2,1H3. The molecule has 5 heteroatoms. The second kappa shape index (κ2) is 6.20. The summed E-state index contributed by atoms with van der Waals surface area (Å²) in [6, 6.07) is 8.26. The summed E-state index contributed by atoms with van der Waals surface area (Å²) in [5.74, 6) is -1.46. The molecule has 0 saturated carbocycles. The molecular weight excluding hydrogens is 256 g/mol. The topological polar surface area (TPSA) is 70.4 Å². The van der Waals surface area contributed by atoms with E-state index in [-0.39, 0.29) is 5.91 Å². The highest BCUT2D eigenvalue weighted by Gasteiger charge is 2.32. The van der Waals surface area contributed by atoms with E-state index < -0.39 is 11.7 Å². The average Bonchev–Trinajstić information content (AvgIpc) is 3.02. The lowest BCUT2D eigenvalue weighted by atomic mass is 9.97. The largest absolute Gasteiger partial charge is 0.497 e. The van der Waals surface area contributed by atoms with Crippen molar-refractivity contribution in [2.45, 2.75) is 12.8 Å². The molecule has 1 fully saturated rings. The van der Waals surface area contributed by atoms with Crippen molar-refractivity contribution in [1.82, 2.24) is 4.90 Å². The minimum absolute atomic E-state index is 0.352. The first-order valence-corrected chi connectivity index (χ1v) is 6.54. The second-order valence-corrected chi connectivity index (χ2v) is 4.69. The number of rotatable bonds is 4. The average molecular weight is 272 g/mol. The van der Waals surface area contributed by atoms with Gasteiger partial charge in [-0.1, -0.05) is 0 Å². The normalized spacial score (nSPS) is 15.5. The fourth-order valence-electron chi connectivity index (χ4n) is 2.27. The highest BCUT2D eigenvalue weighted by atomic mass is 16.5. The predicted molar refractivity (Wildman–Crippen MR) is 72.2 cm³/mol. The Morgan fingerprint density at radius 3 is 2.35 bits per heavy atom. The molecule has 1 heterocycles. The summed E-state index contributed by atoms with van der Waals surface area (Å²) in [6.45, 7) is 1.26. The molecule has 20 heavy (non-hydrogen) atoms. The van der Waals surface area contributed by atoms with Crippen molar-refractivity contribution in [3.05, 3.63) is 29.8 Å². The number of nitriles is 1. The van der Waals surface area contributed by atoms with E-state index in [4.69, 9.17) is 10.00 Å². The smallest absolute Gasteiger partial charge is 0.247 e. The lowest BCUT2D eigenvalue weighted by Crippen LogP contribution is -2.37. The zero-order chi connectivity index (χ0) is 14.5. The summed E-state index contributed by atoms with van der Waals surface area (Å²) in [6.07, 6.45) is 1.86. The molecule has 1 aliphatic rings. The molecular formula is C15H16N2O3. The molecule has 104 valence electrons. The van der Waals surface area contributed by atoms with Crippen LogP contribution in [0.4, 0.5) is 0 Å². The van der Waals surface area contributed by atoms with Gasteiger partial charge in [0, 0.05) is 18.7 Å². The van der Waals surface area contributed by atoms with Gasteiger partial charge in [0.1, 0.15) is 5.75 Å². The van der Waals surface area contributed by atoms with Crippen LogP contribution in [0.1, 0.15) is 23.2 Å². The van der Waals surface area contributed by atoms with Crippen LogP contribution in [-0.2, 0) is 4.79 Å². The molecule has 2 rings (SSSR count). The first kappa shape index (κ1) is 14.1. The van der Waals surface area contributed by atoms with Crippen LogP contribution in [0.5, 0.6) is 5.75 Å². The molecule has 1 aromatic rings. The van der Waals surface area contributed by atoms with Crippen LogP contribution >= 0.6 is 0 Å². The third kappa shape index (κ3) is 2.80. The van der Waals surface area contributed by atoms with Crippen LogP contribution in [-0.4, -0.2) is 36.8 Å². The number of amides is 1. The van der Waals surface area contributed by atoms with Crippen LogP contribution in [0.15, 0.2) is 24.3 Å². The molecule has 1 amide bonds. The van der Waals surface area contributed by atoms with Crippen LogP contribution in [0, 0.1) is 17.2 Å². The number of carbonyl (C=O) groups excluding carboxylic acids is 2. The van der Waals surface area contributed by atoms with E-state index in [0.717, 1.165) is 12.8 Å². The molecule has 1 atom stereocenters. The molecule has 1 unspecified atom stereocenters. The third-order valence-corrected chi connectivity index (χ3v) is 3.43. The maximum atomic E-state index is 12.3. The van der Waals surface area contributed by atoms with E-state index in [0.29, 0.717) is 24.4 Å².